The third-order valence-electron chi connectivity index (χ3n) is 4.09. The number of nitrogens with zero attached hydrogens (tertiary/aromatic N) is 4. The molecule has 0 aliphatic heterocycles. The van der Waals surface area contributed by atoms with Crippen molar-refractivity contribution in [3.63, 3.8) is 0 Å². The standard InChI is InChI=1S/C17H13N7O6S/c18-17(31)22-21-13(15(25)8-1-3-9(4-2-8)23(27)28)14-16(26)20-12-7-10(24(29)30)5-6-11(12)19-14/h1-7,15,25H,(H,20,26)(H3,18,22,31)/b21-13+/t15-/m0/s1. The van der Waals surface area contributed by atoms with E-state index in [9.17, 15) is 30.1 Å². The highest BCUT2D eigenvalue weighted by Gasteiger charge is 2.23. The number of H-pyrrole nitrogens is 1. The monoisotopic (exact) mass is 443 g/mol. The number of hydrazone groups is 1. The van der Waals surface area contributed by atoms with E-state index in [0.717, 1.165) is 6.07 Å². The molecular formula is C17H13N7O6S. The van der Waals surface area contributed by atoms with Gasteiger partial charge in [0.1, 0.15) is 11.8 Å². The number of hydrogen-bond donors (Lipinski definition) is 4. The number of thiocarbonyl (C=S) groups is 1. The van der Waals surface area contributed by atoms with E-state index < -0.39 is 21.5 Å². The fourth-order valence-electron chi connectivity index (χ4n) is 2.66. The molecule has 0 unspecified atom stereocenters. The van der Waals surface area contributed by atoms with Crippen molar-refractivity contribution < 1.29 is 15.0 Å². The molecule has 3 aromatic rings. The van der Waals surface area contributed by atoms with Crippen LogP contribution in [0.25, 0.3) is 11.0 Å². The largest absolute Gasteiger partial charge is 0.382 e. The first-order valence-electron chi connectivity index (χ1n) is 8.41. The minimum Gasteiger partial charge on any atom is -0.382 e. The summed E-state index contributed by atoms with van der Waals surface area (Å²) < 4.78 is 0. The van der Waals surface area contributed by atoms with Crippen LogP contribution in [-0.4, -0.2) is 35.7 Å². The molecule has 0 bridgehead atoms. The van der Waals surface area contributed by atoms with Crippen molar-refractivity contribution in [1.82, 2.24) is 15.4 Å². The smallest absolute Gasteiger partial charge is 0.276 e. The van der Waals surface area contributed by atoms with Crippen molar-refractivity contribution >= 4 is 45.5 Å². The minimum absolute atomic E-state index is 0.106. The van der Waals surface area contributed by atoms with Gasteiger partial charge in [0.2, 0.25) is 0 Å². The van der Waals surface area contributed by atoms with Crippen molar-refractivity contribution in [3.8, 4) is 0 Å². The van der Waals surface area contributed by atoms with Gasteiger partial charge in [-0.2, -0.15) is 5.10 Å². The summed E-state index contributed by atoms with van der Waals surface area (Å²) >= 11 is 4.69. The van der Waals surface area contributed by atoms with Crippen LogP contribution in [-0.2, 0) is 0 Å². The number of aromatic amines is 1. The first-order valence-corrected chi connectivity index (χ1v) is 8.82. The van der Waals surface area contributed by atoms with Crippen LogP contribution in [0.3, 0.4) is 0 Å². The number of aliphatic hydroxyl groups is 1. The van der Waals surface area contributed by atoms with E-state index in [1.807, 2.05) is 0 Å². The number of fused-ring (bicyclic) bond motifs is 1. The first-order chi connectivity index (χ1) is 14.7. The number of aromatic nitrogens is 2. The average Bonchev–Trinajstić information content (AvgIpc) is 2.73. The van der Waals surface area contributed by atoms with Gasteiger partial charge < -0.3 is 15.8 Å². The van der Waals surface area contributed by atoms with Crippen molar-refractivity contribution in [2.24, 2.45) is 10.8 Å². The fourth-order valence-corrected chi connectivity index (χ4v) is 2.70. The Balaban J connectivity index is 2.11. The molecule has 31 heavy (non-hydrogen) atoms. The van der Waals surface area contributed by atoms with E-state index in [1.165, 1.54) is 36.4 Å². The molecule has 5 N–H and O–H groups in total. The number of nitro groups is 2. The summed E-state index contributed by atoms with van der Waals surface area (Å²) in [4.78, 5) is 39.8. The lowest BCUT2D eigenvalue weighted by Gasteiger charge is -2.14. The SMILES string of the molecule is NC(=S)N/N=C(\c1nc2ccc([N+](=O)[O-])cc2[nH]c1=O)[C@@H](O)c1ccc([N+](=O)[O-])cc1. The number of hydrogen-bond acceptors (Lipinski definition) is 9. The summed E-state index contributed by atoms with van der Waals surface area (Å²) in [7, 11) is 0. The van der Waals surface area contributed by atoms with E-state index in [2.05, 4.69) is 20.5 Å². The Labute approximate surface area is 177 Å². The molecule has 1 aromatic heterocycles. The predicted molar refractivity (Wildman–Crippen MR) is 114 cm³/mol. The van der Waals surface area contributed by atoms with E-state index in [-0.39, 0.29) is 44.5 Å². The summed E-state index contributed by atoms with van der Waals surface area (Å²) in [6.07, 6.45) is -1.54. The first kappa shape index (κ1) is 21.4. The molecule has 2 aromatic carbocycles. The molecule has 0 amide bonds. The third-order valence-corrected chi connectivity index (χ3v) is 4.19. The maximum Gasteiger partial charge on any atom is 0.276 e. The van der Waals surface area contributed by atoms with Gasteiger partial charge in [0, 0.05) is 24.3 Å². The normalized spacial score (nSPS) is 12.4. The van der Waals surface area contributed by atoms with Gasteiger partial charge >= 0.3 is 0 Å². The van der Waals surface area contributed by atoms with Gasteiger partial charge in [-0.25, -0.2) is 4.98 Å². The molecule has 1 atom stereocenters. The summed E-state index contributed by atoms with van der Waals surface area (Å²) in [5, 5.41) is 36.2. The molecule has 0 aliphatic carbocycles. The van der Waals surface area contributed by atoms with Gasteiger partial charge in [-0.05, 0) is 36.0 Å². The Bertz CT molecular complexity index is 1290. The van der Waals surface area contributed by atoms with Crippen molar-refractivity contribution in [2.45, 2.75) is 6.10 Å². The lowest BCUT2D eigenvalue weighted by molar-refractivity contribution is -0.385. The van der Waals surface area contributed by atoms with E-state index in [0.29, 0.717) is 0 Å². The second kappa shape index (κ2) is 8.60. The highest BCUT2D eigenvalue weighted by Crippen LogP contribution is 2.22. The Morgan fingerprint density at radius 3 is 2.35 bits per heavy atom. The van der Waals surface area contributed by atoms with Gasteiger partial charge in [0.05, 0.1) is 20.9 Å². The lowest BCUT2D eigenvalue weighted by atomic mass is 10.0. The van der Waals surface area contributed by atoms with Crippen LogP contribution in [0.2, 0.25) is 0 Å². The highest BCUT2D eigenvalue weighted by molar-refractivity contribution is 7.80. The second-order valence-corrected chi connectivity index (χ2v) is 6.54. The molecule has 1 heterocycles. The van der Waals surface area contributed by atoms with E-state index in [1.54, 1.807) is 0 Å². The summed E-state index contributed by atoms with van der Waals surface area (Å²) in [5.74, 6) is 0. The average molecular weight is 443 g/mol. The quantitative estimate of drug-likeness (QED) is 0.184. The number of benzene rings is 2. The molecule has 0 spiro atoms. The number of non-ortho nitro benzene ring substituents is 2. The molecule has 0 aliphatic rings. The molecule has 0 saturated carbocycles. The van der Waals surface area contributed by atoms with Crippen LogP contribution >= 0.6 is 12.2 Å². The van der Waals surface area contributed by atoms with Crippen LogP contribution < -0.4 is 16.7 Å². The number of nitrogens with one attached hydrogen (secondary N) is 2. The number of rotatable bonds is 6. The van der Waals surface area contributed by atoms with Crippen LogP contribution in [0.15, 0.2) is 52.4 Å². The maximum absolute atomic E-state index is 12.6. The minimum atomic E-state index is -1.54. The van der Waals surface area contributed by atoms with Crippen molar-refractivity contribution in [2.75, 3.05) is 0 Å². The summed E-state index contributed by atoms with van der Waals surface area (Å²) in [6, 6.07) is 8.60. The summed E-state index contributed by atoms with van der Waals surface area (Å²) in [6.45, 7) is 0. The Kier molecular flexibility index (Phi) is 5.94. The lowest BCUT2D eigenvalue weighted by Crippen LogP contribution is -2.31. The Morgan fingerprint density at radius 2 is 1.77 bits per heavy atom. The van der Waals surface area contributed by atoms with Gasteiger partial charge in [-0.3, -0.25) is 30.4 Å². The topological polar surface area (TPSA) is 203 Å². The zero-order valence-electron chi connectivity index (χ0n) is 15.4. The van der Waals surface area contributed by atoms with Gasteiger partial charge in [0.25, 0.3) is 16.9 Å². The Morgan fingerprint density at radius 1 is 1.16 bits per heavy atom. The second-order valence-electron chi connectivity index (χ2n) is 6.10. The van der Waals surface area contributed by atoms with Crippen LogP contribution in [0, 0.1) is 20.2 Å². The highest BCUT2D eigenvalue weighted by atomic mass is 32.1. The number of nitro benzene ring substituents is 2. The molecule has 0 saturated heterocycles. The molecule has 3 rings (SSSR count). The zero-order valence-corrected chi connectivity index (χ0v) is 16.2. The molecule has 14 heteroatoms. The van der Waals surface area contributed by atoms with E-state index in [4.69, 9.17) is 18.0 Å². The van der Waals surface area contributed by atoms with Gasteiger partial charge in [-0.15, -0.1) is 0 Å². The Hall–Kier alpha value is -4.30. The van der Waals surface area contributed by atoms with Crippen molar-refractivity contribution in [1.29, 1.82) is 0 Å². The summed E-state index contributed by atoms with van der Waals surface area (Å²) in [5.41, 5.74) is 6.30. The third kappa shape index (κ3) is 4.65. The molecule has 13 nitrogen and oxygen atoms in total. The molecule has 0 fully saturated rings. The predicted octanol–water partition coefficient (Wildman–Crippen LogP) is 1.01. The number of aliphatic hydroxyl groups excluding tert-OH is 1. The molecule has 158 valence electrons. The van der Waals surface area contributed by atoms with Crippen LogP contribution in [0.1, 0.15) is 17.4 Å². The number of nitrogens with two attached hydrogens (primary N) is 1. The molecular weight excluding hydrogens is 430 g/mol. The van der Waals surface area contributed by atoms with Crippen LogP contribution in [0.4, 0.5) is 11.4 Å². The molecule has 0 radical (unpaired) electrons. The maximum atomic E-state index is 12.6. The van der Waals surface area contributed by atoms with E-state index >= 15 is 0 Å². The van der Waals surface area contributed by atoms with Crippen LogP contribution in [0.5, 0.6) is 0 Å². The van der Waals surface area contributed by atoms with Gasteiger partial charge in [-0.1, -0.05) is 0 Å². The zero-order chi connectivity index (χ0) is 22.7. The van der Waals surface area contributed by atoms with Gasteiger partial charge in [0.15, 0.2) is 10.8 Å². The fraction of sp³-hybridized carbons (Fsp3) is 0.0588. The van der Waals surface area contributed by atoms with Crippen molar-refractivity contribution in [3.05, 3.63) is 84.3 Å².